The summed E-state index contributed by atoms with van der Waals surface area (Å²) >= 11 is 3.29. The van der Waals surface area contributed by atoms with Crippen LogP contribution in [0.25, 0.3) is 0 Å². The number of carbonyl (C=O) groups excluding carboxylic acids is 1. The molecular formula is C17H29BrFNO3. The van der Waals surface area contributed by atoms with E-state index in [-0.39, 0.29) is 23.9 Å². The lowest BCUT2D eigenvalue weighted by Crippen LogP contribution is -2.15. The van der Waals surface area contributed by atoms with E-state index in [4.69, 9.17) is 14.6 Å². The fraction of sp³-hybridized carbons (Fsp3) is 0.588. The maximum absolute atomic E-state index is 13.2. The molecule has 1 amide bonds. The lowest BCUT2D eigenvalue weighted by Gasteiger charge is -2.14. The van der Waals surface area contributed by atoms with Crippen molar-refractivity contribution >= 4 is 22.3 Å². The molecule has 1 atom stereocenters. The van der Waals surface area contributed by atoms with Gasteiger partial charge in [0.2, 0.25) is 6.41 Å². The van der Waals surface area contributed by atoms with Gasteiger partial charge in [0.1, 0.15) is 5.82 Å². The van der Waals surface area contributed by atoms with Gasteiger partial charge in [-0.1, -0.05) is 22.9 Å². The summed E-state index contributed by atoms with van der Waals surface area (Å²) in [5, 5.41) is 11.0. The lowest BCUT2D eigenvalue weighted by atomic mass is 9.98. The molecule has 2 N–H and O–H groups in total. The molecule has 0 aliphatic rings. The highest BCUT2D eigenvalue weighted by atomic mass is 79.9. The molecular weight excluding hydrogens is 365 g/mol. The summed E-state index contributed by atoms with van der Waals surface area (Å²) in [6.07, 6.45) is 1.22. The van der Waals surface area contributed by atoms with Gasteiger partial charge in [0, 0.05) is 25.2 Å². The van der Waals surface area contributed by atoms with Gasteiger partial charge in [0.15, 0.2) is 0 Å². The number of carbonyl (C=O) groups is 1. The Morgan fingerprint density at radius 2 is 1.91 bits per heavy atom. The van der Waals surface area contributed by atoms with Gasteiger partial charge in [-0.15, -0.1) is 0 Å². The van der Waals surface area contributed by atoms with Gasteiger partial charge in [-0.25, -0.2) is 4.39 Å². The number of nitrogens with one attached hydrogen (secondary N) is 1. The summed E-state index contributed by atoms with van der Waals surface area (Å²) in [6.45, 7) is 8.06. The summed E-state index contributed by atoms with van der Waals surface area (Å²) < 4.78 is 19.0. The summed E-state index contributed by atoms with van der Waals surface area (Å²) in [5.41, 5.74) is 0.698. The van der Waals surface area contributed by atoms with E-state index in [0.29, 0.717) is 18.4 Å². The highest BCUT2D eigenvalue weighted by Crippen LogP contribution is 2.24. The predicted octanol–water partition coefficient (Wildman–Crippen LogP) is 3.87. The minimum Gasteiger partial charge on any atom is -0.396 e. The average Bonchev–Trinajstić information content (AvgIpc) is 2.50. The van der Waals surface area contributed by atoms with E-state index in [9.17, 15) is 4.39 Å². The van der Waals surface area contributed by atoms with Gasteiger partial charge < -0.3 is 15.2 Å². The second-order valence-electron chi connectivity index (χ2n) is 5.80. The number of ether oxygens (including phenoxy) is 1. The number of rotatable bonds is 4. The van der Waals surface area contributed by atoms with E-state index >= 15 is 0 Å². The van der Waals surface area contributed by atoms with Crippen LogP contribution in [0.15, 0.2) is 22.7 Å². The van der Waals surface area contributed by atoms with Crippen LogP contribution >= 0.6 is 15.9 Å². The van der Waals surface area contributed by atoms with Gasteiger partial charge in [-0.05, 0) is 56.9 Å². The van der Waals surface area contributed by atoms with Crippen molar-refractivity contribution < 1.29 is 19.0 Å². The van der Waals surface area contributed by atoms with Gasteiger partial charge in [0.05, 0.1) is 5.60 Å². The Labute approximate surface area is 147 Å². The van der Waals surface area contributed by atoms with Crippen LogP contribution in [-0.4, -0.2) is 37.9 Å². The largest absolute Gasteiger partial charge is 0.396 e. The number of hydrogen-bond donors (Lipinski definition) is 2. The number of benzene rings is 1. The van der Waals surface area contributed by atoms with Crippen molar-refractivity contribution in [2.45, 2.75) is 45.6 Å². The third-order valence-electron chi connectivity index (χ3n) is 2.78. The fourth-order valence-corrected chi connectivity index (χ4v) is 1.62. The van der Waals surface area contributed by atoms with E-state index < -0.39 is 0 Å². The van der Waals surface area contributed by atoms with Crippen LogP contribution in [-0.2, 0) is 9.53 Å². The summed E-state index contributed by atoms with van der Waals surface area (Å²) in [6, 6.07) is 4.87. The average molecular weight is 394 g/mol. The molecule has 134 valence electrons. The molecule has 0 saturated carbocycles. The maximum atomic E-state index is 13.2. The molecule has 0 aliphatic heterocycles. The molecule has 0 fully saturated rings. The van der Waals surface area contributed by atoms with E-state index in [1.165, 1.54) is 6.07 Å². The van der Waals surface area contributed by atoms with Crippen molar-refractivity contribution in [1.82, 2.24) is 5.32 Å². The molecule has 0 saturated heterocycles. The van der Waals surface area contributed by atoms with E-state index in [2.05, 4.69) is 21.2 Å². The van der Waals surface area contributed by atoms with Crippen LogP contribution in [0.4, 0.5) is 4.39 Å². The quantitative estimate of drug-likeness (QED) is 0.763. The summed E-state index contributed by atoms with van der Waals surface area (Å²) in [4.78, 5) is 9.06. The first kappa shape index (κ1) is 24.3. The highest BCUT2D eigenvalue weighted by Gasteiger charge is 2.10. The van der Waals surface area contributed by atoms with Crippen molar-refractivity contribution in [3.63, 3.8) is 0 Å². The molecule has 0 aliphatic carbocycles. The van der Waals surface area contributed by atoms with Gasteiger partial charge in [-0.3, -0.25) is 4.79 Å². The Morgan fingerprint density at radius 1 is 1.43 bits per heavy atom. The van der Waals surface area contributed by atoms with Gasteiger partial charge in [0.25, 0.3) is 0 Å². The first-order valence-electron chi connectivity index (χ1n) is 7.34. The van der Waals surface area contributed by atoms with Crippen molar-refractivity contribution in [2.24, 2.45) is 0 Å². The molecule has 1 aromatic carbocycles. The lowest BCUT2D eigenvalue weighted by molar-refractivity contribution is -0.109. The monoisotopic (exact) mass is 393 g/mol. The van der Waals surface area contributed by atoms with E-state index in [1.54, 1.807) is 26.3 Å². The Hall–Kier alpha value is -0.980. The fourth-order valence-electron chi connectivity index (χ4n) is 1.24. The molecule has 6 heteroatoms. The number of halogens is 2. The van der Waals surface area contributed by atoms with Crippen LogP contribution in [0.1, 0.15) is 45.6 Å². The Kier molecular flexibility index (Phi) is 14.2. The smallest absolute Gasteiger partial charge is 0.206 e. The molecule has 0 spiro atoms. The molecule has 1 unspecified atom stereocenters. The van der Waals surface area contributed by atoms with Crippen molar-refractivity contribution in [3.8, 4) is 0 Å². The number of aliphatic hydroxyl groups excluding tert-OH is 1. The Balaban J connectivity index is 0. The molecule has 0 heterocycles. The summed E-state index contributed by atoms with van der Waals surface area (Å²) in [7, 11) is 3.27. The number of amides is 1. The third-order valence-corrected chi connectivity index (χ3v) is 3.27. The topological polar surface area (TPSA) is 58.6 Å². The molecule has 4 nitrogen and oxygen atoms in total. The highest BCUT2D eigenvalue weighted by molar-refractivity contribution is 9.10. The van der Waals surface area contributed by atoms with Crippen molar-refractivity contribution in [3.05, 3.63) is 34.1 Å². The number of methoxy groups -OCH3 is 1. The zero-order chi connectivity index (χ0) is 18.5. The predicted molar refractivity (Wildman–Crippen MR) is 96.1 cm³/mol. The van der Waals surface area contributed by atoms with E-state index in [0.717, 1.165) is 4.47 Å². The van der Waals surface area contributed by atoms with Crippen LogP contribution in [0, 0.1) is 5.82 Å². The zero-order valence-corrected chi connectivity index (χ0v) is 16.4. The first-order valence-corrected chi connectivity index (χ1v) is 8.14. The van der Waals surface area contributed by atoms with Crippen LogP contribution in [0.5, 0.6) is 0 Å². The molecule has 0 bridgehead atoms. The number of aliphatic hydroxyl groups is 1. The molecule has 1 rings (SSSR count). The third kappa shape index (κ3) is 14.3. The minimum atomic E-state index is -0.204. The second kappa shape index (κ2) is 13.5. The SMILES string of the molecule is CC(CCO)c1cc(Br)ccc1F.CNC=O.COC(C)(C)C. The zero-order valence-electron chi connectivity index (χ0n) is 14.8. The molecule has 0 radical (unpaired) electrons. The minimum absolute atomic E-state index is 0.0417. The molecule has 0 aromatic heterocycles. The molecule has 1 aromatic rings. The van der Waals surface area contributed by atoms with Crippen LogP contribution in [0.2, 0.25) is 0 Å². The van der Waals surface area contributed by atoms with Crippen molar-refractivity contribution in [1.29, 1.82) is 0 Å². The van der Waals surface area contributed by atoms with Gasteiger partial charge >= 0.3 is 0 Å². The van der Waals surface area contributed by atoms with Crippen LogP contribution < -0.4 is 5.32 Å². The Morgan fingerprint density at radius 3 is 2.26 bits per heavy atom. The van der Waals surface area contributed by atoms with Gasteiger partial charge in [-0.2, -0.15) is 0 Å². The standard InChI is InChI=1S/C10H12BrFO.C5H12O.C2H5NO/c1-7(4-5-13)9-6-8(11)2-3-10(9)12;1-5(2,3)6-4;1-3-2-4/h2-3,6-7,13H,4-5H2,1H3;1-4H3;2H,1H3,(H,3,4). The first-order chi connectivity index (χ1) is 10.6. The maximum Gasteiger partial charge on any atom is 0.206 e. The number of hydrogen-bond acceptors (Lipinski definition) is 3. The van der Waals surface area contributed by atoms with Crippen LogP contribution in [0.3, 0.4) is 0 Å². The summed E-state index contributed by atoms with van der Waals surface area (Å²) in [5.74, 6) is -0.147. The second-order valence-corrected chi connectivity index (χ2v) is 6.72. The normalized spacial score (nSPS) is 11.3. The van der Waals surface area contributed by atoms with E-state index in [1.807, 2.05) is 27.7 Å². The molecule has 23 heavy (non-hydrogen) atoms. The Bertz CT molecular complexity index is 436. The van der Waals surface area contributed by atoms with Crippen molar-refractivity contribution in [2.75, 3.05) is 20.8 Å².